The fraction of sp³-hybridized carbons (Fsp3) is 0.385. The van der Waals surface area contributed by atoms with Crippen LogP contribution >= 0.6 is 0 Å². The summed E-state index contributed by atoms with van der Waals surface area (Å²) in [6, 6.07) is 8.07. The lowest BCUT2D eigenvalue weighted by Gasteiger charge is -2.06. The summed E-state index contributed by atoms with van der Waals surface area (Å²) in [5.41, 5.74) is 3.10. The summed E-state index contributed by atoms with van der Waals surface area (Å²) in [5, 5.41) is 12.8. The number of carboxylic acid groups (broad SMARTS) is 1. The van der Waals surface area contributed by atoms with E-state index in [1.807, 2.05) is 18.2 Å². The minimum atomic E-state index is -0.951. The molecule has 0 bridgehead atoms. The summed E-state index contributed by atoms with van der Waals surface area (Å²) >= 11 is 0. The molecule has 0 saturated heterocycles. The van der Waals surface area contributed by atoms with E-state index in [1.54, 1.807) is 0 Å². The van der Waals surface area contributed by atoms with Gasteiger partial charge in [-0.3, -0.25) is 0 Å². The highest BCUT2D eigenvalue weighted by Gasteiger charge is 2.32. The molecule has 1 fully saturated rings. The third-order valence-electron chi connectivity index (χ3n) is 3.23. The van der Waals surface area contributed by atoms with E-state index in [0.29, 0.717) is 12.3 Å². The molecule has 1 N–H and O–H groups in total. The highest BCUT2D eigenvalue weighted by Crippen LogP contribution is 2.42. The van der Waals surface area contributed by atoms with E-state index in [4.69, 9.17) is 9.94 Å². The second kappa shape index (κ2) is 3.87. The zero-order valence-electron chi connectivity index (χ0n) is 9.30. The molecule has 17 heavy (non-hydrogen) atoms. The fourth-order valence-electron chi connectivity index (χ4n) is 2.18. The maximum atomic E-state index is 10.8. The normalized spacial score (nSPS) is 23.1. The summed E-state index contributed by atoms with van der Waals surface area (Å²) in [4.78, 5) is 15.7. The largest absolute Gasteiger partial charge is 0.478 e. The Morgan fingerprint density at radius 1 is 1.35 bits per heavy atom. The van der Waals surface area contributed by atoms with Crippen LogP contribution in [0.25, 0.3) is 0 Å². The third kappa shape index (κ3) is 1.90. The topological polar surface area (TPSA) is 58.9 Å². The molecule has 1 aliphatic carbocycles. The van der Waals surface area contributed by atoms with Gasteiger partial charge < -0.3 is 9.94 Å². The minimum absolute atomic E-state index is 0.360. The number of rotatable bonds is 3. The Labute approximate surface area is 98.9 Å². The highest BCUT2D eigenvalue weighted by molar-refractivity contribution is 6.04. The molecule has 0 radical (unpaired) electrons. The smallest absolute Gasteiger partial charge is 0.348 e. The van der Waals surface area contributed by atoms with Gasteiger partial charge in [-0.25, -0.2) is 4.79 Å². The molecular formula is C13H13NO3. The molecule has 0 spiro atoms. The number of oxime groups is 1. The third-order valence-corrected chi connectivity index (χ3v) is 3.23. The monoisotopic (exact) mass is 231 g/mol. The van der Waals surface area contributed by atoms with E-state index in [0.717, 1.165) is 11.3 Å². The van der Waals surface area contributed by atoms with Crippen molar-refractivity contribution in [1.29, 1.82) is 0 Å². The maximum Gasteiger partial charge on any atom is 0.348 e. The molecule has 1 unspecified atom stereocenters. The predicted octanol–water partition coefficient (Wildman–Crippen LogP) is 2.14. The summed E-state index contributed by atoms with van der Waals surface area (Å²) in [7, 11) is 0. The van der Waals surface area contributed by atoms with Crippen molar-refractivity contribution in [2.75, 3.05) is 0 Å². The number of benzene rings is 1. The van der Waals surface area contributed by atoms with Gasteiger partial charge in [-0.05, 0) is 24.3 Å². The van der Waals surface area contributed by atoms with Crippen molar-refractivity contribution < 1.29 is 14.7 Å². The van der Waals surface area contributed by atoms with Crippen LogP contribution in [0.2, 0.25) is 0 Å². The van der Waals surface area contributed by atoms with Crippen LogP contribution in [0.5, 0.6) is 0 Å². The predicted molar refractivity (Wildman–Crippen MR) is 62.1 cm³/mol. The van der Waals surface area contributed by atoms with Crippen LogP contribution in [0, 0.1) is 0 Å². The van der Waals surface area contributed by atoms with Gasteiger partial charge in [0.1, 0.15) is 0 Å². The summed E-state index contributed by atoms with van der Waals surface area (Å²) in [5.74, 6) is -0.328. The van der Waals surface area contributed by atoms with Crippen molar-refractivity contribution >= 4 is 11.7 Å². The number of carbonyl (C=O) groups is 1. The van der Waals surface area contributed by atoms with E-state index < -0.39 is 12.1 Å². The molecular weight excluding hydrogens is 218 g/mol. The van der Waals surface area contributed by atoms with Gasteiger partial charge in [0.2, 0.25) is 6.10 Å². The van der Waals surface area contributed by atoms with Crippen molar-refractivity contribution in [3.8, 4) is 0 Å². The molecule has 4 heteroatoms. The molecule has 4 nitrogen and oxygen atoms in total. The Hall–Kier alpha value is -1.84. The number of hydrogen-bond donors (Lipinski definition) is 1. The van der Waals surface area contributed by atoms with Gasteiger partial charge in [0.15, 0.2) is 0 Å². The average molecular weight is 231 g/mol. The molecule has 2 aliphatic rings. The summed E-state index contributed by atoms with van der Waals surface area (Å²) in [6.45, 7) is 0. The molecule has 3 rings (SSSR count). The van der Waals surface area contributed by atoms with Crippen LogP contribution in [0.4, 0.5) is 0 Å². The Morgan fingerprint density at radius 2 is 2.12 bits per heavy atom. The second-order valence-electron chi connectivity index (χ2n) is 4.54. The number of carboxylic acids is 1. The van der Waals surface area contributed by atoms with E-state index in [9.17, 15) is 4.79 Å². The first-order valence-electron chi connectivity index (χ1n) is 5.80. The van der Waals surface area contributed by atoms with Crippen molar-refractivity contribution in [1.82, 2.24) is 0 Å². The number of nitrogens with zero attached hydrogens (tertiary/aromatic N) is 1. The molecule has 1 saturated carbocycles. The van der Waals surface area contributed by atoms with E-state index in [-0.39, 0.29) is 0 Å². The van der Waals surface area contributed by atoms with Gasteiger partial charge in [0, 0.05) is 12.0 Å². The van der Waals surface area contributed by atoms with Crippen LogP contribution in [0.1, 0.15) is 36.3 Å². The van der Waals surface area contributed by atoms with Gasteiger partial charge in [0.05, 0.1) is 5.71 Å². The molecule has 1 aromatic carbocycles. The van der Waals surface area contributed by atoms with E-state index in [1.165, 1.54) is 18.4 Å². The quantitative estimate of drug-likeness (QED) is 0.867. The first-order chi connectivity index (χ1) is 8.25. The maximum absolute atomic E-state index is 10.8. The number of aliphatic carboxylic acids is 1. The van der Waals surface area contributed by atoms with Crippen molar-refractivity contribution in [3.05, 3.63) is 35.4 Å². The lowest BCUT2D eigenvalue weighted by Crippen LogP contribution is -2.20. The molecule has 1 aliphatic heterocycles. The fourth-order valence-corrected chi connectivity index (χ4v) is 2.18. The standard InChI is InChI=1S/C13H13NO3/c15-13(16)12-7-11(14-17-12)10-4-2-1-3-9(10)8-5-6-8/h1-4,8,12H,5-7H2,(H,15,16). The first kappa shape index (κ1) is 10.3. The molecule has 1 heterocycles. The Balaban J connectivity index is 1.88. The zero-order valence-corrected chi connectivity index (χ0v) is 9.30. The minimum Gasteiger partial charge on any atom is -0.478 e. The van der Waals surface area contributed by atoms with Crippen LogP contribution in [-0.4, -0.2) is 22.9 Å². The van der Waals surface area contributed by atoms with E-state index >= 15 is 0 Å². The highest BCUT2D eigenvalue weighted by atomic mass is 16.7. The first-order valence-corrected chi connectivity index (χ1v) is 5.80. The molecule has 88 valence electrons. The lowest BCUT2D eigenvalue weighted by atomic mass is 9.97. The molecule has 1 atom stereocenters. The Bertz CT molecular complexity index is 491. The van der Waals surface area contributed by atoms with Gasteiger partial charge >= 0.3 is 5.97 Å². The summed E-state index contributed by atoms with van der Waals surface area (Å²) in [6.07, 6.45) is 1.97. The van der Waals surface area contributed by atoms with Gasteiger partial charge in [-0.1, -0.05) is 29.4 Å². The lowest BCUT2D eigenvalue weighted by molar-refractivity contribution is -0.148. The van der Waals surface area contributed by atoms with Gasteiger partial charge in [-0.15, -0.1) is 0 Å². The molecule has 0 amide bonds. The molecule has 0 aromatic heterocycles. The number of hydrogen-bond acceptors (Lipinski definition) is 3. The second-order valence-corrected chi connectivity index (χ2v) is 4.54. The van der Waals surface area contributed by atoms with Crippen molar-refractivity contribution in [3.63, 3.8) is 0 Å². The van der Waals surface area contributed by atoms with Crippen LogP contribution in [-0.2, 0) is 9.63 Å². The van der Waals surface area contributed by atoms with E-state index in [2.05, 4.69) is 11.2 Å². The van der Waals surface area contributed by atoms with Crippen LogP contribution < -0.4 is 0 Å². The average Bonchev–Trinajstić information content (AvgIpc) is 3.06. The molecule has 1 aromatic rings. The SMILES string of the molecule is O=C(O)C1CC(c2ccccc2C2CC2)=NO1. The Morgan fingerprint density at radius 3 is 2.76 bits per heavy atom. The van der Waals surface area contributed by atoms with Crippen molar-refractivity contribution in [2.24, 2.45) is 5.16 Å². The van der Waals surface area contributed by atoms with Crippen LogP contribution in [0.15, 0.2) is 29.4 Å². The Kier molecular flexibility index (Phi) is 2.35. The zero-order chi connectivity index (χ0) is 11.8. The van der Waals surface area contributed by atoms with Gasteiger partial charge in [-0.2, -0.15) is 0 Å². The van der Waals surface area contributed by atoms with Gasteiger partial charge in [0.25, 0.3) is 0 Å². The summed E-state index contributed by atoms with van der Waals surface area (Å²) < 4.78 is 0. The van der Waals surface area contributed by atoms with Crippen molar-refractivity contribution in [2.45, 2.75) is 31.3 Å². The van der Waals surface area contributed by atoms with Crippen LogP contribution in [0.3, 0.4) is 0 Å².